The summed E-state index contributed by atoms with van der Waals surface area (Å²) in [7, 11) is -3.82. The smallest absolute Gasteiger partial charge is 0.244 e. The van der Waals surface area contributed by atoms with Crippen molar-refractivity contribution in [2.45, 2.75) is 17.9 Å². The Hall–Kier alpha value is -1.42. The van der Waals surface area contributed by atoms with Crippen LogP contribution in [0.4, 0.5) is 10.1 Å². The molecule has 1 atom stereocenters. The summed E-state index contributed by atoms with van der Waals surface area (Å²) in [6, 6.07) is 7.86. The van der Waals surface area contributed by atoms with Crippen LogP contribution < -0.4 is 5.32 Å². The van der Waals surface area contributed by atoms with Crippen LogP contribution in [-0.4, -0.2) is 55.8 Å². The third kappa shape index (κ3) is 4.90. The number of benzene rings is 2. The SMILES string of the molecule is CC(C(=O)Nc1ccc(Cl)cc1F)N1CCN(S(=O)(=O)c2cccc(Cl)c2Cl)CC1. The molecule has 1 aliphatic heterocycles. The van der Waals surface area contributed by atoms with Gasteiger partial charge in [0, 0.05) is 31.2 Å². The molecule has 6 nitrogen and oxygen atoms in total. The fourth-order valence-corrected chi connectivity index (χ4v) is 5.46. The maximum atomic E-state index is 13.9. The third-order valence-electron chi connectivity index (χ3n) is 4.92. The van der Waals surface area contributed by atoms with E-state index >= 15 is 0 Å². The summed E-state index contributed by atoms with van der Waals surface area (Å²) < 4.78 is 41.0. The van der Waals surface area contributed by atoms with Gasteiger partial charge < -0.3 is 5.32 Å². The molecule has 1 N–H and O–H groups in total. The molecule has 0 saturated carbocycles. The summed E-state index contributed by atoms with van der Waals surface area (Å²) in [6.07, 6.45) is 0. The standard InChI is InChI=1S/C19H19Cl3FN3O3S/c1-12(19(27)24-16-6-5-13(20)11-15(16)23)25-7-9-26(10-8-25)30(28,29)17-4-2-3-14(21)18(17)22/h2-6,11-12H,7-10H2,1H3,(H,24,27). The Morgan fingerprint density at radius 2 is 1.77 bits per heavy atom. The van der Waals surface area contributed by atoms with Crippen molar-refractivity contribution in [1.82, 2.24) is 9.21 Å². The van der Waals surface area contributed by atoms with E-state index in [1.807, 2.05) is 4.90 Å². The van der Waals surface area contributed by atoms with Gasteiger partial charge >= 0.3 is 0 Å². The highest BCUT2D eigenvalue weighted by Crippen LogP contribution is 2.31. The van der Waals surface area contributed by atoms with Crippen molar-refractivity contribution in [3.63, 3.8) is 0 Å². The van der Waals surface area contributed by atoms with Gasteiger partial charge in [-0.3, -0.25) is 9.69 Å². The lowest BCUT2D eigenvalue weighted by atomic mass is 10.2. The molecule has 1 unspecified atom stereocenters. The molecule has 0 aliphatic carbocycles. The number of halogens is 4. The van der Waals surface area contributed by atoms with Gasteiger partial charge in [-0.25, -0.2) is 12.8 Å². The molecular weight excluding hydrogens is 476 g/mol. The number of hydrogen-bond donors (Lipinski definition) is 1. The highest BCUT2D eigenvalue weighted by atomic mass is 35.5. The molecule has 0 radical (unpaired) electrons. The number of nitrogens with zero attached hydrogens (tertiary/aromatic N) is 2. The Morgan fingerprint density at radius 1 is 1.10 bits per heavy atom. The number of amides is 1. The molecule has 162 valence electrons. The predicted molar refractivity (Wildman–Crippen MR) is 116 cm³/mol. The van der Waals surface area contributed by atoms with E-state index < -0.39 is 27.8 Å². The van der Waals surface area contributed by atoms with Crippen LogP contribution in [0.3, 0.4) is 0 Å². The molecule has 11 heteroatoms. The lowest BCUT2D eigenvalue weighted by Gasteiger charge is -2.36. The van der Waals surface area contributed by atoms with Crippen LogP contribution in [0.5, 0.6) is 0 Å². The van der Waals surface area contributed by atoms with Crippen molar-refractivity contribution >= 4 is 56.4 Å². The largest absolute Gasteiger partial charge is 0.322 e. The first-order valence-corrected chi connectivity index (χ1v) is 11.6. The van der Waals surface area contributed by atoms with Crippen molar-refractivity contribution < 1.29 is 17.6 Å². The van der Waals surface area contributed by atoms with Gasteiger partial charge in [-0.1, -0.05) is 40.9 Å². The van der Waals surface area contributed by atoms with E-state index in [9.17, 15) is 17.6 Å². The molecule has 0 aromatic heterocycles. The molecule has 1 saturated heterocycles. The average molecular weight is 495 g/mol. The number of anilines is 1. The van der Waals surface area contributed by atoms with Gasteiger partial charge in [-0.05, 0) is 37.3 Å². The number of nitrogens with one attached hydrogen (secondary N) is 1. The summed E-state index contributed by atoms with van der Waals surface area (Å²) >= 11 is 17.7. The first-order chi connectivity index (χ1) is 14.1. The van der Waals surface area contributed by atoms with Gasteiger partial charge in [-0.2, -0.15) is 4.31 Å². The van der Waals surface area contributed by atoms with Crippen LogP contribution in [0, 0.1) is 5.82 Å². The zero-order valence-electron chi connectivity index (χ0n) is 15.9. The fraction of sp³-hybridized carbons (Fsp3) is 0.316. The zero-order chi connectivity index (χ0) is 22.1. The average Bonchev–Trinajstić information content (AvgIpc) is 2.71. The number of rotatable bonds is 5. The molecule has 1 aliphatic rings. The number of carbonyl (C=O) groups is 1. The maximum absolute atomic E-state index is 13.9. The lowest BCUT2D eigenvalue weighted by Crippen LogP contribution is -2.54. The molecule has 1 amide bonds. The van der Waals surface area contributed by atoms with Gasteiger partial charge in [0.2, 0.25) is 15.9 Å². The molecule has 0 bridgehead atoms. The van der Waals surface area contributed by atoms with Crippen molar-refractivity contribution in [1.29, 1.82) is 0 Å². The quantitative estimate of drug-likeness (QED) is 0.679. The summed E-state index contributed by atoms with van der Waals surface area (Å²) in [6.45, 7) is 2.70. The second kappa shape index (κ2) is 9.38. The number of piperazine rings is 1. The maximum Gasteiger partial charge on any atom is 0.244 e. The van der Waals surface area contributed by atoms with Gasteiger partial charge in [0.25, 0.3) is 0 Å². The number of carbonyl (C=O) groups excluding carboxylic acids is 1. The Bertz CT molecular complexity index is 1060. The van der Waals surface area contributed by atoms with Crippen molar-refractivity contribution in [3.8, 4) is 0 Å². The Labute approximate surface area is 189 Å². The Morgan fingerprint density at radius 3 is 2.40 bits per heavy atom. The van der Waals surface area contributed by atoms with E-state index in [1.54, 1.807) is 6.92 Å². The fourth-order valence-electron chi connectivity index (χ4n) is 3.15. The Kier molecular flexibility index (Phi) is 7.27. The second-order valence-corrected chi connectivity index (χ2v) is 9.91. The van der Waals surface area contributed by atoms with E-state index in [1.165, 1.54) is 34.6 Å². The highest BCUT2D eigenvalue weighted by Gasteiger charge is 2.33. The normalized spacial score (nSPS) is 17.0. The first kappa shape index (κ1) is 23.2. The number of sulfonamides is 1. The zero-order valence-corrected chi connectivity index (χ0v) is 19.0. The lowest BCUT2D eigenvalue weighted by molar-refractivity contribution is -0.121. The molecule has 0 spiro atoms. The van der Waals surface area contributed by atoms with Crippen LogP contribution in [0.15, 0.2) is 41.3 Å². The summed E-state index contributed by atoms with van der Waals surface area (Å²) in [5.74, 6) is -1.03. The van der Waals surface area contributed by atoms with Crippen LogP contribution >= 0.6 is 34.8 Å². The van der Waals surface area contributed by atoms with Crippen LogP contribution in [0.2, 0.25) is 15.1 Å². The topological polar surface area (TPSA) is 69.7 Å². The van der Waals surface area contributed by atoms with E-state index in [0.29, 0.717) is 13.1 Å². The molecule has 1 heterocycles. The minimum atomic E-state index is -3.82. The Balaban J connectivity index is 1.64. The predicted octanol–water partition coefficient (Wildman–Crippen LogP) is 4.12. The second-order valence-electron chi connectivity index (χ2n) is 6.78. The van der Waals surface area contributed by atoms with Gasteiger partial charge in [0.15, 0.2) is 0 Å². The highest BCUT2D eigenvalue weighted by molar-refractivity contribution is 7.89. The molecule has 2 aromatic rings. The van der Waals surface area contributed by atoms with E-state index in [0.717, 1.165) is 6.07 Å². The van der Waals surface area contributed by atoms with E-state index in [-0.39, 0.29) is 38.7 Å². The molecule has 1 fully saturated rings. The minimum Gasteiger partial charge on any atom is -0.322 e. The van der Waals surface area contributed by atoms with Gasteiger partial charge in [0.1, 0.15) is 10.7 Å². The van der Waals surface area contributed by atoms with Crippen molar-refractivity contribution in [3.05, 3.63) is 57.3 Å². The minimum absolute atomic E-state index is 0.0145. The van der Waals surface area contributed by atoms with E-state index in [2.05, 4.69) is 5.32 Å². The van der Waals surface area contributed by atoms with Crippen molar-refractivity contribution in [2.24, 2.45) is 0 Å². The molecule has 2 aromatic carbocycles. The summed E-state index contributed by atoms with van der Waals surface area (Å²) in [4.78, 5) is 14.3. The van der Waals surface area contributed by atoms with Gasteiger partial charge in [0.05, 0.1) is 21.8 Å². The van der Waals surface area contributed by atoms with Crippen LogP contribution in [-0.2, 0) is 14.8 Å². The summed E-state index contributed by atoms with van der Waals surface area (Å²) in [5, 5.41) is 2.92. The number of hydrogen-bond acceptors (Lipinski definition) is 4. The first-order valence-electron chi connectivity index (χ1n) is 9.05. The molecule has 3 rings (SSSR count). The summed E-state index contributed by atoms with van der Waals surface area (Å²) in [5.41, 5.74) is 0.0352. The van der Waals surface area contributed by atoms with Crippen LogP contribution in [0.1, 0.15) is 6.92 Å². The van der Waals surface area contributed by atoms with Crippen molar-refractivity contribution in [2.75, 3.05) is 31.5 Å². The molecule has 30 heavy (non-hydrogen) atoms. The third-order valence-corrected chi connectivity index (χ3v) is 8.03. The van der Waals surface area contributed by atoms with E-state index in [4.69, 9.17) is 34.8 Å². The molecular formula is C19H19Cl3FN3O3S. The van der Waals surface area contributed by atoms with Gasteiger partial charge in [-0.15, -0.1) is 0 Å². The van der Waals surface area contributed by atoms with Crippen LogP contribution in [0.25, 0.3) is 0 Å². The monoisotopic (exact) mass is 493 g/mol.